The van der Waals surface area contributed by atoms with E-state index in [0.29, 0.717) is 6.42 Å². The van der Waals surface area contributed by atoms with Gasteiger partial charge in [0.25, 0.3) is 0 Å². The predicted octanol–water partition coefficient (Wildman–Crippen LogP) is 5.42. The van der Waals surface area contributed by atoms with Crippen molar-refractivity contribution in [3.05, 3.63) is 102 Å². The zero-order valence-corrected chi connectivity index (χ0v) is 18.6. The molecule has 0 spiro atoms. The van der Waals surface area contributed by atoms with E-state index in [1.54, 1.807) is 0 Å². The zero-order valence-electron chi connectivity index (χ0n) is 17.7. The molecule has 0 N–H and O–H groups in total. The van der Waals surface area contributed by atoms with Gasteiger partial charge in [0.2, 0.25) is 0 Å². The van der Waals surface area contributed by atoms with Gasteiger partial charge in [-0.15, -0.1) is 0 Å². The van der Waals surface area contributed by atoms with Crippen molar-refractivity contribution in [3.63, 3.8) is 0 Å². The fourth-order valence-electron chi connectivity index (χ4n) is 5.67. The van der Waals surface area contributed by atoms with Crippen molar-refractivity contribution in [2.75, 3.05) is 6.66 Å². The Balaban J connectivity index is 2.29. The van der Waals surface area contributed by atoms with Crippen LogP contribution in [0, 0.1) is 5.41 Å². The first-order valence-corrected chi connectivity index (χ1v) is 12.9. The second kappa shape index (κ2) is 6.78. The first-order valence-electron chi connectivity index (χ1n) is 10.2. The molecule has 0 heterocycles. The summed E-state index contributed by atoms with van der Waals surface area (Å²) in [4.78, 5) is 13.0. The molecule has 3 aromatic rings. The Hall–Kier alpha value is -2.50. The van der Waals surface area contributed by atoms with Crippen molar-refractivity contribution in [2.45, 2.75) is 27.2 Å². The van der Waals surface area contributed by atoms with Crippen LogP contribution in [-0.2, 0) is 4.79 Å². The van der Waals surface area contributed by atoms with Crippen LogP contribution in [-0.4, -0.2) is 12.4 Å². The average molecular weight is 401 g/mol. The molecule has 148 valence electrons. The summed E-state index contributed by atoms with van der Waals surface area (Å²) in [5.41, 5.74) is 0.752. The van der Waals surface area contributed by atoms with Gasteiger partial charge in [-0.25, -0.2) is 0 Å². The van der Waals surface area contributed by atoms with Gasteiger partial charge < -0.3 is 0 Å². The third-order valence-corrected chi connectivity index (χ3v) is 13.6. The van der Waals surface area contributed by atoms with Crippen LogP contribution in [0.5, 0.6) is 0 Å². The molecule has 3 aromatic carbocycles. The van der Waals surface area contributed by atoms with Crippen LogP contribution in [0.15, 0.2) is 102 Å². The molecule has 0 amide bonds. The SMILES string of the molecule is CC1=C(P(C)(c2ccccc2)(c2ccccc2)c2ccccc2)C(C)(C)CC1=O. The number of hydrogen-bond acceptors (Lipinski definition) is 1. The van der Waals surface area contributed by atoms with Crippen molar-refractivity contribution >= 4 is 28.3 Å². The predicted molar refractivity (Wildman–Crippen MR) is 127 cm³/mol. The Bertz CT molecular complexity index is 980. The van der Waals surface area contributed by atoms with E-state index in [4.69, 9.17) is 0 Å². The minimum atomic E-state index is -3.10. The molecule has 0 radical (unpaired) electrons. The van der Waals surface area contributed by atoms with Crippen LogP contribution >= 0.6 is 6.60 Å². The Kier molecular flexibility index (Phi) is 4.63. The number of carbonyl (C=O) groups is 1. The molecule has 2 heteroatoms. The summed E-state index contributed by atoms with van der Waals surface area (Å²) >= 11 is 0. The van der Waals surface area contributed by atoms with Crippen LogP contribution in [0.1, 0.15) is 27.2 Å². The molecule has 0 aliphatic heterocycles. The average Bonchev–Trinajstić information content (AvgIpc) is 2.96. The van der Waals surface area contributed by atoms with Gasteiger partial charge in [0.1, 0.15) is 0 Å². The van der Waals surface area contributed by atoms with Gasteiger partial charge in [0, 0.05) is 0 Å². The second-order valence-corrected chi connectivity index (χ2v) is 14.2. The van der Waals surface area contributed by atoms with Crippen LogP contribution in [0.25, 0.3) is 0 Å². The van der Waals surface area contributed by atoms with Gasteiger partial charge in [-0.3, -0.25) is 0 Å². The minimum absolute atomic E-state index is 0.199. The van der Waals surface area contributed by atoms with Crippen molar-refractivity contribution < 1.29 is 4.79 Å². The van der Waals surface area contributed by atoms with E-state index in [1.165, 1.54) is 21.2 Å². The van der Waals surface area contributed by atoms with Gasteiger partial charge in [-0.2, -0.15) is 0 Å². The normalized spacial score (nSPS) is 17.8. The van der Waals surface area contributed by atoms with E-state index < -0.39 is 6.60 Å². The van der Waals surface area contributed by atoms with Crippen molar-refractivity contribution in [3.8, 4) is 0 Å². The molecule has 1 nitrogen and oxygen atoms in total. The van der Waals surface area contributed by atoms with Crippen LogP contribution < -0.4 is 15.9 Å². The summed E-state index contributed by atoms with van der Waals surface area (Å²) in [5, 5.41) is 5.27. The van der Waals surface area contributed by atoms with E-state index in [-0.39, 0.29) is 11.2 Å². The molecular formula is C27H29OP. The molecule has 0 saturated carbocycles. The summed E-state index contributed by atoms with van der Waals surface area (Å²) < 4.78 is 0. The number of rotatable bonds is 4. The molecule has 0 saturated heterocycles. The van der Waals surface area contributed by atoms with Gasteiger partial charge >= 0.3 is 174 Å². The summed E-state index contributed by atoms with van der Waals surface area (Å²) in [6.45, 7) is 5.89. The van der Waals surface area contributed by atoms with Crippen molar-refractivity contribution in [1.29, 1.82) is 0 Å². The van der Waals surface area contributed by atoms with Crippen LogP contribution in [0.3, 0.4) is 0 Å². The monoisotopic (exact) mass is 400 g/mol. The van der Waals surface area contributed by atoms with E-state index in [0.717, 1.165) is 5.57 Å². The van der Waals surface area contributed by atoms with E-state index in [9.17, 15) is 4.79 Å². The van der Waals surface area contributed by atoms with Gasteiger partial charge in [-0.1, -0.05) is 0 Å². The summed E-state index contributed by atoms with van der Waals surface area (Å²) in [6.07, 6.45) is 0.576. The van der Waals surface area contributed by atoms with Gasteiger partial charge in [-0.05, 0) is 0 Å². The molecule has 4 rings (SSSR count). The summed E-state index contributed by atoms with van der Waals surface area (Å²) in [5.74, 6) is 0.281. The Labute approximate surface area is 174 Å². The second-order valence-electron chi connectivity index (χ2n) is 9.03. The molecule has 0 fully saturated rings. The third kappa shape index (κ3) is 2.68. The van der Waals surface area contributed by atoms with Gasteiger partial charge in [0.05, 0.1) is 0 Å². The van der Waals surface area contributed by atoms with Crippen LogP contribution in [0.4, 0.5) is 0 Å². The number of Topliss-reactive ketones (excluding diaryl/α,β-unsaturated/α-hetero) is 1. The van der Waals surface area contributed by atoms with E-state index >= 15 is 0 Å². The summed E-state index contributed by atoms with van der Waals surface area (Å²) in [7, 11) is 0. The molecule has 1 aliphatic rings. The van der Waals surface area contributed by atoms with Crippen molar-refractivity contribution in [1.82, 2.24) is 0 Å². The van der Waals surface area contributed by atoms with Crippen molar-refractivity contribution in [2.24, 2.45) is 5.41 Å². The maximum absolute atomic E-state index is 13.0. The van der Waals surface area contributed by atoms with Gasteiger partial charge in [0.15, 0.2) is 0 Å². The first-order chi connectivity index (χ1) is 13.8. The molecule has 0 unspecified atom stereocenters. The number of hydrogen-bond donors (Lipinski definition) is 0. The number of ketones is 1. The third-order valence-electron chi connectivity index (χ3n) is 6.78. The number of benzene rings is 3. The molecule has 1 aliphatic carbocycles. The standard InChI is InChI=1S/C27H29OP/c1-21-25(28)20-27(2,3)26(21)29(4,22-14-8-5-9-15-22,23-16-10-6-11-17-23)24-18-12-7-13-19-24/h5-19H,20H2,1-4H3. The zero-order chi connectivity index (χ0) is 20.7. The maximum atomic E-state index is 13.0. The fourth-order valence-corrected chi connectivity index (χ4v) is 12.6. The first kappa shape index (κ1) is 19.8. The van der Waals surface area contributed by atoms with E-state index in [2.05, 4.69) is 112 Å². The topological polar surface area (TPSA) is 17.1 Å². The molecule has 0 aromatic heterocycles. The quantitative estimate of drug-likeness (QED) is 0.535. The molecule has 0 bridgehead atoms. The van der Waals surface area contributed by atoms with E-state index in [1.807, 2.05) is 6.92 Å². The molecular weight excluding hydrogens is 371 g/mol. The molecule has 0 atom stereocenters. The number of carbonyl (C=O) groups excluding carboxylic acids is 1. The Morgan fingerprint density at radius 3 is 1.31 bits per heavy atom. The fraction of sp³-hybridized carbons (Fsp3) is 0.222. The Morgan fingerprint density at radius 2 is 1.03 bits per heavy atom. The van der Waals surface area contributed by atoms with Crippen LogP contribution in [0.2, 0.25) is 0 Å². The Morgan fingerprint density at radius 1 is 0.690 bits per heavy atom. The number of allylic oxidation sites excluding steroid dienone is 2. The summed E-state index contributed by atoms with van der Waals surface area (Å²) in [6, 6.07) is 32.6. The molecule has 29 heavy (non-hydrogen) atoms.